The van der Waals surface area contributed by atoms with Crippen LogP contribution >= 0.6 is 0 Å². The van der Waals surface area contributed by atoms with Crippen molar-refractivity contribution in [2.24, 2.45) is 49.7 Å². The summed E-state index contributed by atoms with van der Waals surface area (Å²) in [7, 11) is 0. The molecule has 0 unspecified atom stereocenters. The third-order valence-corrected chi connectivity index (χ3v) is 13.2. The zero-order chi connectivity index (χ0) is 60.9. The average molecular weight is 1100 g/mol. The molecule has 0 atom stereocenters. The number of rotatable bonds is 7. The number of aryl methyl sites for hydroxylation is 2. The van der Waals surface area contributed by atoms with Crippen LogP contribution in [0.15, 0.2) is 110 Å². The summed E-state index contributed by atoms with van der Waals surface area (Å²) in [6.45, 7) is 59.3. The Balaban J connectivity index is 0.000000467. The van der Waals surface area contributed by atoms with E-state index in [1.807, 2.05) is 43.7 Å². The average Bonchev–Trinajstić information content (AvgIpc) is 3.32. The second kappa shape index (κ2) is 35.6. The van der Waals surface area contributed by atoms with E-state index in [9.17, 15) is 0 Å². The monoisotopic (exact) mass is 1100 g/mol. The molecule has 1 saturated carbocycles. The van der Waals surface area contributed by atoms with Crippen molar-refractivity contribution in [2.75, 3.05) is 32.8 Å². The second-order valence-electron chi connectivity index (χ2n) is 31.4. The Hall–Kier alpha value is -4.33. The number of pyridine rings is 1. The van der Waals surface area contributed by atoms with Gasteiger partial charge in [-0.1, -0.05) is 231 Å². The lowest BCUT2D eigenvalue weighted by Gasteiger charge is -2.35. The quantitative estimate of drug-likeness (QED) is 0.161. The summed E-state index contributed by atoms with van der Waals surface area (Å²) in [6, 6.07) is 27.3. The first-order chi connectivity index (χ1) is 36.8. The predicted octanol–water partition coefficient (Wildman–Crippen LogP) is 19.6. The van der Waals surface area contributed by atoms with Crippen LogP contribution in [0.2, 0.25) is 0 Å². The molecule has 3 aromatic heterocycles. The number of ether oxygens (including phenoxy) is 1. The highest BCUT2D eigenvalue weighted by Crippen LogP contribution is 2.39. The summed E-state index contributed by atoms with van der Waals surface area (Å²) < 4.78 is 5.29. The molecule has 2 fully saturated rings. The van der Waals surface area contributed by atoms with Crippen LogP contribution in [0.4, 0.5) is 0 Å². The van der Waals surface area contributed by atoms with Crippen molar-refractivity contribution in [1.29, 1.82) is 0 Å². The Morgan fingerprint density at radius 1 is 0.438 bits per heavy atom. The minimum Gasteiger partial charge on any atom is -0.379 e. The summed E-state index contributed by atoms with van der Waals surface area (Å²) in [4.78, 5) is 23.6. The van der Waals surface area contributed by atoms with E-state index in [1.54, 1.807) is 12.4 Å². The molecule has 0 spiro atoms. The second-order valence-corrected chi connectivity index (χ2v) is 31.4. The van der Waals surface area contributed by atoms with Crippen LogP contribution in [0.5, 0.6) is 0 Å². The molecule has 7 rings (SSSR count). The molecule has 4 heterocycles. The van der Waals surface area contributed by atoms with Gasteiger partial charge in [0, 0.05) is 56.2 Å². The number of morpholine rings is 1. The van der Waals surface area contributed by atoms with Gasteiger partial charge >= 0.3 is 0 Å². The molecule has 7 nitrogen and oxygen atoms in total. The summed E-state index contributed by atoms with van der Waals surface area (Å²) in [5, 5.41) is 0. The third kappa shape index (κ3) is 43.4. The number of hydrogen-bond donors (Lipinski definition) is 0. The fourth-order valence-electron chi connectivity index (χ4n) is 8.97. The summed E-state index contributed by atoms with van der Waals surface area (Å²) in [5.41, 5.74) is 10.2. The fourth-order valence-corrected chi connectivity index (χ4v) is 8.97. The van der Waals surface area contributed by atoms with E-state index >= 15 is 0 Å². The molecule has 450 valence electrons. The Morgan fingerprint density at radius 3 is 1.32 bits per heavy atom. The van der Waals surface area contributed by atoms with Crippen LogP contribution in [-0.4, -0.2) is 62.7 Å². The Kier molecular flexibility index (Phi) is 32.8. The number of aromatic nitrogens is 5. The number of hydrogen-bond acceptors (Lipinski definition) is 7. The molecule has 1 saturated heterocycles. The summed E-state index contributed by atoms with van der Waals surface area (Å²) in [5.74, 6) is 2.91. The van der Waals surface area contributed by atoms with Gasteiger partial charge in [-0.25, -0.2) is 9.97 Å². The van der Waals surface area contributed by atoms with Gasteiger partial charge in [0.15, 0.2) is 0 Å². The molecule has 80 heavy (non-hydrogen) atoms. The van der Waals surface area contributed by atoms with Crippen molar-refractivity contribution in [3.05, 3.63) is 149 Å². The highest BCUT2D eigenvalue weighted by atomic mass is 16.5. The molecule has 2 aliphatic rings. The molecule has 0 bridgehead atoms. The first-order valence-corrected chi connectivity index (χ1v) is 30.6. The van der Waals surface area contributed by atoms with E-state index in [0.29, 0.717) is 32.5 Å². The molecule has 1 aliphatic heterocycles. The maximum absolute atomic E-state index is 5.29. The van der Waals surface area contributed by atoms with Crippen LogP contribution in [0.3, 0.4) is 0 Å². The molecule has 0 amide bonds. The number of benzene rings is 2. The van der Waals surface area contributed by atoms with Crippen LogP contribution < -0.4 is 0 Å². The van der Waals surface area contributed by atoms with Crippen molar-refractivity contribution in [3.63, 3.8) is 0 Å². The van der Waals surface area contributed by atoms with Crippen molar-refractivity contribution in [3.8, 4) is 0 Å². The zero-order valence-electron chi connectivity index (χ0n) is 56.2. The van der Waals surface area contributed by atoms with Crippen LogP contribution in [0, 0.1) is 63.6 Å². The topological polar surface area (TPSA) is 76.9 Å². The lowest BCUT2D eigenvalue weighted by atomic mass is 9.70. The van der Waals surface area contributed by atoms with Gasteiger partial charge < -0.3 is 4.74 Å². The normalized spacial score (nSPS) is 16.1. The van der Waals surface area contributed by atoms with Crippen molar-refractivity contribution in [1.82, 2.24) is 29.8 Å². The van der Waals surface area contributed by atoms with Gasteiger partial charge in [-0.15, -0.1) is 0 Å². The van der Waals surface area contributed by atoms with E-state index in [-0.39, 0.29) is 5.41 Å². The molecular formula is C73H122N6O. The maximum Gasteiger partial charge on any atom is 0.128 e. The zero-order valence-corrected chi connectivity index (χ0v) is 56.2. The first kappa shape index (κ1) is 73.7. The van der Waals surface area contributed by atoms with Gasteiger partial charge in [0.2, 0.25) is 0 Å². The molecule has 0 radical (unpaired) electrons. The van der Waals surface area contributed by atoms with Crippen molar-refractivity contribution < 1.29 is 4.74 Å². The third-order valence-electron chi connectivity index (χ3n) is 13.2. The minimum atomic E-state index is 0.279. The van der Waals surface area contributed by atoms with E-state index in [0.717, 1.165) is 87.5 Å². The van der Waals surface area contributed by atoms with Crippen molar-refractivity contribution in [2.45, 2.75) is 230 Å². The smallest absolute Gasteiger partial charge is 0.128 e. The summed E-state index contributed by atoms with van der Waals surface area (Å²) >= 11 is 0. The molecule has 2 aromatic carbocycles. The highest BCUT2D eigenvalue weighted by molar-refractivity contribution is 5.22. The van der Waals surface area contributed by atoms with Gasteiger partial charge in [-0.3, -0.25) is 19.9 Å². The van der Waals surface area contributed by atoms with Gasteiger partial charge in [-0.2, -0.15) is 0 Å². The molecule has 1 aliphatic carbocycles. The Labute approximate surface area is 494 Å². The van der Waals surface area contributed by atoms with Crippen molar-refractivity contribution >= 4 is 0 Å². The van der Waals surface area contributed by atoms with Crippen LogP contribution in [-0.2, 0) is 36.8 Å². The molecular weight excluding hydrogens is 977 g/mol. The largest absolute Gasteiger partial charge is 0.379 e. The SMILES string of the molecule is CC(C)(C)CCN1CCOCC1.CC(C)(C)Cc1ccccc1.CC(C)(C)Cc1ccccn1.CC(C)(C)Cc1ncccn1.CC1CCC(C(C)(C)C)CC1.Cc1ccc(CC(C)(C)C)cc1.Cc1cnc(CC(C)(C)C)cn1. The highest BCUT2D eigenvalue weighted by Gasteiger charge is 2.28. The maximum atomic E-state index is 5.29. The van der Waals surface area contributed by atoms with Gasteiger partial charge in [0.1, 0.15) is 5.82 Å². The first-order valence-electron chi connectivity index (χ1n) is 30.6. The number of nitrogens with zero attached hydrogens (tertiary/aromatic N) is 6. The Morgan fingerprint density at radius 2 is 0.900 bits per heavy atom. The molecule has 7 heteroatoms. The van der Waals surface area contributed by atoms with E-state index < -0.39 is 0 Å². The van der Waals surface area contributed by atoms with Gasteiger partial charge in [-0.05, 0) is 144 Å². The predicted molar refractivity (Wildman–Crippen MR) is 348 cm³/mol. The fraction of sp³-hybridized carbons (Fsp3) is 0.658. The van der Waals surface area contributed by atoms with Crippen LogP contribution in [0.25, 0.3) is 0 Å². The summed E-state index contributed by atoms with van der Waals surface area (Å²) in [6.07, 6.45) is 21.5. The van der Waals surface area contributed by atoms with E-state index in [4.69, 9.17) is 4.74 Å². The lowest BCUT2D eigenvalue weighted by molar-refractivity contribution is 0.0333. The van der Waals surface area contributed by atoms with E-state index in [1.165, 1.54) is 61.0 Å². The van der Waals surface area contributed by atoms with Gasteiger partial charge in [0.25, 0.3) is 0 Å². The van der Waals surface area contributed by atoms with Gasteiger partial charge in [0.05, 0.1) is 24.6 Å². The Bertz CT molecular complexity index is 2090. The minimum absolute atomic E-state index is 0.279. The molecule has 0 N–H and O–H groups in total. The molecule has 5 aromatic rings. The lowest BCUT2D eigenvalue weighted by Crippen LogP contribution is -2.37. The standard InChI is InChI=1S/C12H18.C11H22.C11H16.C10H16N2.C10H21NO.C10H15N.C9H14N2/c1-10-5-7-11(8-6-10)9-12(2,3)4;1-9-5-7-10(8-6-9)11(2,3)4;1-11(2,3)9-10-7-5-4-6-8-10;1-8-6-12-9(7-11-8)5-10(2,3)4;1-10(2,3)4-5-11-6-8-12-9-7-11;1-10(2,3)8-9-6-4-5-7-11-9;1-9(2,3)7-8-10-5-4-6-11-8/h5-8H,9H2,1-4H3;9-10H,5-8H2,1-4H3;4-8H,9H2,1-3H3;6-7H,5H2,1-4H3;4-9H2,1-3H3;4-7H,8H2,1-3H3;4-6H,7H2,1-3H3. The van der Waals surface area contributed by atoms with E-state index in [2.05, 4.69) is 250 Å². The van der Waals surface area contributed by atoms with Crippen LogP contribution in [0.1, 0.15) is 224 Å².